The summed E-state index contributed by atoms with van der Waals surface area (Å²) in [6, 6.07) is 16.0. The van der Waals surface area contributed by atoms with E-state index in [0.717, 1.165) is 36.2 Å². The predicted molar refractivity (Wildman–Crippen MR) is 128 cm³/mol. The molecule has 0 bridgehead atoms. The molecule has 3 aromatic rings. The van der Waals surface area contributed by atoms with Gasteiger partial charge in [-0.3, -0.25) is 9.59 Å². The van der Waals surface area contributed by atoms with Gasteiger partial charge in [-0.2, -0.15) is 0 Å². The van der Waals surface area contributed by atoms with E-state index in [9.17, 15) is 18.4 Å². The first-order valence-electron chi connectivity index (χ1n) is 11.2. The summed E-state index contributed by atoms with van der Waals surface area (Å²) in [7, 11) is 0. The van der Waals surface area contributed by atoms with Gasteiger partial charge in [-0.05, 0) is 60.9 Å². The highest BCUT2D eigenvalue weighted by Gasteiger charge is 2.25. The molecule has 1 unspecified atom stereocenters. The Balaban J connectivity index is 1.56. The van der Waals surface area contributed by atoms with E-state index < -0.39 is 23.6 Å². The summed E-state index contributed by atoms with van der Waals surface area (Å²) in [6.07, 6.45) is 2.37. The zero-order chi connectivity index (χ0) is 24.1. The molecule has 4 rings (SSSR count). The molecule has 34 heavy (non-hydrogen) atoms. The number of halogens is 2. The van der Waals surface area contributed by atoms with Gasteiger partial charge in [-0.15, -0.1) is 0 Å². The monoisotopic (exact) mass is 464 g/mol. The number of nitrogens with zero attached hydrogens (tertiary/aromatic N) is 1. The SMILES string of the molecule is NCc1cccc(NC(C(=O)Nc2ccc(N3CCCCC3=O)cc2)c2ccc(F)cc2F)c1. The Kier molecular flexibility index (Phi) is 7.18. The van der Waals surface area contributed by atoms with Crippen molar-refractivity contribution >= 4 is 28.9 Å². The first-order chi connectivity index (χ1) is 16.4. The lowest BCUT2D eigenvalue weighted by atomic mass is 10.0. The summed E-state index contributed by atoms with van der Waals surface area (Å²) in [4.78, 5) is 27.1. The molecule has 4 N–H and O–H groups in total. The van der Waals surface area contributed by atoms with Crippen molar-refractivity contribution in [3.8, 4) is 0 Å². The summed E-state index contributed by atoms with van der Waals surface area (Å²) in [5, 5.41) is 5.82. The molecule has 1 aliphatic heterocycles. The largest absolute Gasteiger partial charge is 0.370 e. The topological polar surface area (TPSA) is 87.5 Å². The molecule has 0 radical (unpaired) electrons. The first kappa shape index (κ1) is 23.4. The molecule has 176 valence electrons. The molecule has 0 saturated carbocycles. The predicted octanol–water partition coefficient (Wildman–Crippen LogP) is 4.73. The number of amides is 2. The van der Waals surface area contributed by atoms with Crippen LogP contribution in [0.5, 0.6) is 0 Å². The van der Waals surface area contributed by atoms with E-state index in [2.05, 4.69) is 10.6 Å². The van der Waals surface area contributed by atoms with Crippen molar-refractivity contribution in [1.29, 1.82) is 0 Å². The first-order valence-corrected chi connectivity index (χ1v) is 11.2. The van der Waals surface area contributed by atoms with Crippen LogP contribution in [-0.2, 0) is 16.1 Å². The van der Waals surface area contributed by atoms with Crippen molar-refractivity contribution in [3.05, 3.63) is 89.5 Å². The Labute approximate surface area is 196 Å². The minimum atomic E-state index is -1.13. The van der Waals surface area contributed by atoms with Crippen molar-refractivity contribution in [2.75, 3.05) is 22.1 Å². The Morgan fingerprint density at radius 1 is 1.00 bits per heavy atom. The number of hydrogen-bond acceptors (Lipinski definition) is 4. The average molecular weight is 465 g/mol. The van der Waals surface area contributed by atoms with E-state index in [0.29, 0.717) is 30.9 Å². The number of carbonyl (C=O) groups excluding carboxylic acids is 2. The standard InChI is InChI=1S/C26H26F2N4O2/c27-18-7-12-22(23(28)15-18)25(30-20-5-3-4-17(14-20)16-29)26(34)31-19-8-10-21(11-9-19)32-13-2-1-6-24(32)33/h3-5,7-12,14-15,25,30H,1-2,6,13,16,29H2,(H,31,34). The van der Waals surface area contributed by atoms with Crippen LogP contribution < -0.4 is 21.3 Å². The summed E-state index contributed by atoms with van der Waals surface area (Å²) in [5.41, 5.74) is 8.38. The highest BCUT2D eigenvalue weighted by atomic mass is 19.1. The minimum Gasteiger partial charge on any atom is -0.370 e. The van der Waals surface area contributed by atoms with Crippen LogP contribution in [0.3, 0.4) is 0 Å². The number of benzene rings is 3. The fourth-order valence-electron chi connectivity index (χ4n) is 3.99. The van der Waals surface area contributed by atoms with Gasteiger partial charge in [0, 0.05) is 48.2 Å². The van der Waals surface area contributed by atoms with Gasteiger partial charge in [-0.25, -0.2) is 8.78 Å². The van der Waals surface area contributed by atoms with E-state index in [1.54, 1.807) is 47.4 Å². The highest BCUT2D eigenvalue weighted by Crippen LogP contribution is 2.27. The molecular weight excluding hydrogens is 438 g/mol. The number of nitrogens with one attached hydrogen (secondary N) is 2. The van der Waals surface area contributed by atoms with E-state index in [-0.39, 0.29) is 11.5 Å². The van der Waals surface area contributed by atoms with Crippen molar-refractivity contribution in [1.82, 2.24) is 0 Å². The van der Waals surface area contributed by atoms with Crippen LogP contribution in [-0.4, -0.2) is 18.4 Å². The van der Waals surface area contributed by atoms with E-state index in [4.69, 9.17) is 5.73 Å². The Hall–Kier alpha value is -3.78. The highest BCUT2D eigenvalue weighted by molar-refractivity contribution is 5.98. The second-order valence-electron chi connectivity index (χ2n) is 8.19. The fourth-order valence-corrected chi connectivity index (χ4v) is 3.99. The van der Waals surface area contributed by atoms with Crippen LogP contribution in [0.4, 0.5) is 25.8 Å². The van der Waals surface area contributed by atoms with Crippen LogP contribution in [0.2, 0.25) is 0 Å². The third-order valence-electron chi connectivity index (χ3n) is 5.78. The summed E-state index contributed by atoms with van der Waals surface area (Å²) < 4.78 is 28.1. The Bertz CT molecular complexity index is 1180. The molecule has 0 aliphatic carbocycles. The zero-order valence-electron chi connectivity index (χ0n) is 18.6. The molecule has 1 atom stereocenters. The number of carbonyl (C=O) groups is 2. The minimum absolute atomic E-state index is 0.00702. The maximum atomic E-state index is 14.6. The molecule has 1 aliphatic rings. The van der Waals surface area contributed by atoms with Gasteiger partial charge >= 0.3 is 0 Å². The second kappa shape index (κ2) is 10.4. The van der Waals surface area contributed by atoms with Gasteiger partial charge in [0.15, 0.2) is 0 Å². The molecule has 1 heterocycles. The maximum absolute atomic E-state index is 14.6. The molecule has 1 saturated heterocycles. The smallest absolute Gasteiger partial charge is 0.251 e. The fraction of sp³-hybridized carbons (Fsp3) is 0.231. The molecule has 0 aromatic heterocycles. The van der Waals surface area contributed by atoms with Gasteiger partial charge in [0.1, 0.15) is 17.7 Å². The van der Waals surface area contributed by atoms with Crippen LogP contribution in [0.15, 0.2) is 66.7 Å². The van der Waals surface area contributed by atoms with Crippen LogP contribution in [0.25, 0.3) is 0 Å². The third kappa shape index (κ3) is 5.40. The zero-order valence-corrected chi connectivity index (χ0v) is 18.6. The summed E-state index contributed by atoms with van der Waals surface area (Å²) in [6.45, 7) is 0.978. The maximum Gasteiger partial charge on any atom is 0.251 e. The number of piperidine rings is 1. The van der Waals surface area contributed by atoms with Crippen molar-refractivity contribution in [3.63, 3.8) is 0 Å². The van der Waals surface area contributed by atoms with Gasteiger partial charge in [0.05, 0.1) is 0 Å². The summed E-state index contributed by atoms with van der Waals surface area (Å²) >= 11 is 0. The molecule has 2 amide bonds. The number of anilines is 3. The van der Waals surface area contributed by atoms with Crippen LogP contribution >= 0.6 is 0 Å². The molecule has 8 heteroatoms. The van der Waals surface area contributed by atoms with Crippen molar-refractivity contribution in [2.24, 2.45) is 5.73 Å². The average Bonchev–Trinajstić information content (AvgIpc) is 2.84. The van der Waals surface area contributed by atoms with Crippen molar-refractivity contribution in [2.45, 2.75) is 31.8 Å². The number of rotatable bonds is 7. The second-order valence-corrected chi connectivity index (χ2v) is 8.19. The molecular formula is C26H26F2N4O2. The van der Waals surface area contributed by atoms with Crippen molar-refractivity contribution < 1.29 is 18.4 Å². The lowest BCUT2D eigenvalue weighted by Crippen LogP contribution is -2.35. The molecule has 6 nitrogen and oxygen atoms in total. The summed E-state index contributed by atoms with van der Waals surface area (Å²) in [5.74, 6) is -2.00. The molecule has 3 aromatic carbocycles. The third-order valence-corrected chi connectivity index (χ3v) is 5.78. The van der Waals surface area contributed by atoms with Crippen LogP contribution in [0, 0.1) is 11.6 Å². The Morgan fingerprint density at radius 2 is 1.79 bits per heavy atom. The normalized spacial score (nSPS) is 14.6. The number of hydrogen-bond donors (Lipinski definition) is 3. The van der Waals surface area contributed by atoms with E-state index in [1.807, 2.05) is 6.07 Å². The molecule has 0 spiro atoms. The van der Waals surface area contributed by atoms with Gasteiger partial charge in [0.25, 0.3) is 5.91 Å². The molecule has 1 fully saturated rings. The number of nitrogens with two attached hydrogens (primary N) is 1. The van der Waals surface area contributed by atoms with Crippen LogP contribution in [0.1, 0.15) is 36.4 Å². The van der Waals surface area contributed by atoms with Gasteiger partial charge in [-0.1, -0.05) is 18.2 Å². The Morgan fingerprint density at radius 3 is 2.50 bits per heavy atom. The van der Waals surface area contributed by atoms with Gasteiger partial charge in [0.2, 0.25) is 5.91 Å². The van der Waals surface area contributed by atoms with E-state index in [1.165, 1.54) is 6.07 Å². The van der Waals surface area contributed by atoms with E-state index >= 15 is 0 Å². The lowest BCUT2D eigenvalue weighted by molar-refractivity contribution is -0.119. The van der Waals surface area contributed by atoms with Gasteiger partial charge < -0.3 is 21.3 Å². The quantitative estimate of drug-likeness (QED) is 0.472. The lowest BCUT2D eigenvalue weighted by Gasteiger charge is -2.27.